The van der Waals surface area contributed by atoms with Crippen LogP contribution in [-0.4, -0.2) is 20.3 Å². The fraction of sp³-hybridized carbons (Fsp3) is 0.667. The van der Waals surface area contributed by atoms with Crippen molar-refractivity contribution in [1.82, 2.24) is 9.55 Å². The Kier molecular flexibility index (Phi) is 3.62. The summed E-state index contributed by atoms with van der Waals surface area (Å²) in [4.78, 5) is 24.9. The van der Waals surface area contributed by atoms with Crippen LogP contribution < -0.4 is 11.2 Å². The fourth-order valence-electron chi connectivity index (χ4n) is 1.63. The van der Waals surface area contributed by atoms with Gasteiger partial charge in [0.15, 0.2) is 0 Å². The van der Waals surface area contributed by atoms with Gasteiger partial charge in [-0.25, -0.2) is 4.79 Å². The minimum absolute atomic E-state index is 0.399. The smallest absolute Gasteiger partial charge is 0.328 e. The zero-order valence-electron chi connectivity index (χ0n) is 10.8. The number of H-pyrrole nitrogens is 1. The lowest BCUT2D eigenvalue weighted by atomic mass is 9.91. The van der Waals surface area contributed by atoms with Crippen LogP contribution >= 0.6 is 0 Å². The molecule has 0 fully saturated rings. The molecule has 0 saturated heterocycles. The number of hydrogen-bond donors (Lipinski definition) is 2. The molecule has 17 heavy (non-hydrogen) atoms. The summed E-state index contributed by atoms with van der Waals surface area (Å²) in [6.45, 7) is 7.27. The molecule has 0 amide bonds. The van der Waals surface area contributed by atoms with Crippen LogP contribution in [0.25, 0.3) is 0 Å². The predicted octanol–water partition coefficient (Wildman–Crippen LogP) is 0.823. The van der Waals surface area contributed by atoms with Gasteiger partial charge in [-0.15, -0.1) is 0 Å². The molecule has 5 heteroatoms. The SMILES string of the molecule is CC(C)(O)CCC(C)(C)n1ccc(=O)[nH]c1=O. The van der Waals surface area contributed by atoms with Crippen molar-refractivity contribution in [3.05, 3.63) is 33.1 Å². The molecule has 1 heterocycles. The minimum Gasteiger partial charge on any atom is -0.390 e. The van der Waals surface area contributed by atoms with Crippen molar-refractivity contribution in [3.8, 4) is 0 Å². The highest BCUT2D eigenvalue weighted by Gasteiger charge is 2.25. The van der Waals surface area contributed by atoms with Crippen LogP contribution in [0.2, 0.25) is 0 Å². The molecule has 1 aromatic heterocycles. The zero-order valence-corrected chi connectivity index (χ0v) is 10.8. The third-order valence-electron chi connectivity index (χ3n) is 2.82. The van der Waals surface area contributed by atoms with E-state index in [0.29, 0.717) is 12.8 Å². The molecule has 0 aliphatic heterocycles. The summed E-state index contributed by atoms with van der Waals surface area (Å²) in [5, 5.41) is 9.70. The van der Waals surface area contributed by atoms with Crippen molar-refractivity contribution in [1.29, 1.82) is 0 Å². The van der Waals surface area contributed by atoms with Crippen LogP contribution in [0.3, 0.4) is 0 Å². The van der Waals surface area contributed by atoms with Crippen LogP contribution in [0.4, 0.5) is 0 Å². The lowest BCUT2D eigenvalue weighted by molar-refractivity contribution is 0.0569. The third kappa shape index (κ3) is 3.85. The monoisotopic (exact) mass is 240 g/mol. The van der Waals surface area contributed by atoms with Crippen LogP contribution in [0.5, 0.6) is 0 Å². The lowest BCUT2D eigenvalue weighted by Crippen LogP contribution is -2.40. The molecule has 0 radical (unpaired) electrons. The summed E-state index contributed by atoms with van der Waals surface area (Å²) >= 11 is 0. The van der Waals surface area contributed by atoms with Gasteiger partial charge in [-0.2, -0.15) is 0 Å². The lowest BCUT2D eigenvalue weighted by Gasteiger charge is -2.30. The average molecular weight is 240 g/mol. The van der Waals surface area contributed by atoms with Crippen LogP contribution in [0.1, 0.15) is 40.5 Å². The number of aliphatic hydroxyl groups is 1. The van der Waals surface area contributed by atoms with Gasteiger partial charge in [-0.1, -0.05) is 0 Å². The Bertz CT molecular complexity index is 491. The maximum atomic E-state index is 11.7. The quantitative estimate of drug-likeness (QED) is 0.818. The summed E-state index contributed by atoms with van der Waals surface area (Å²) in [7, 11) is 0. The van der Waals surface area contributed by atoms with Crippen LogP contribution in [0, 0.1) is 0 Å². The summed E-state index contributed by atoms with van der Waals surface area (Å²) < 4.78 is 1.49. The summed E-state index contributed by atoms with van der Waals surface area (Å²) in [5.41, 5.74) is -2.02. The Hall–Kier alpha value is -1.36. The van der Waals surface area contributed by atoms with Crippen molar-refractivity contribution in [2.24, 2.45) is 0 Å². The Morgan fingerprint density at radius 3 is 2.29 bits per heavy atom. The van der Waals surface area contributed by atoms with Crippen molar-refractivity contribution in [2.75, 3.05) is 0 Å². The van der Waals surface area contributed by atoms with Gasteiger partial charge in [0, 0.05) is 17.8 Å². The van der Waals surface area contributed by atoms with Crippen molar-refractivity contribution >= 4 is 0 Å². The first kappa shape index (κ1) is 13.7. The van der Waals surface area contributed by atoms with E-state index in [1.165, 1.54) is 16.8 Å². The number of nitrogens with one attached hydrogen (secondary N) is 1. The number of nitrogens with zero attached hydrogens (tertiary/aromatic N) is 1. The maximum Gasteiger partial charge on any atom is 0.328 e. The second-order valence-electron chi connectivity index (χ2n) is 5.61. The molecule has 0 bridgehead atoms. The Morgan fingerprint density at radius 1 is 1.24 bits per heavy atom. The summed E-state index contributed by atoms with van der Waals surface area (Å²) in [5.74, 6) is 0. The van der Waals surface area contributed by atoms with Gasteiger partial charge in [-0.3, -0.25) is 14.3 Å². The number of aromatic amines is 1. The molecule has 1 rings (SSSR count). The first-order chi connectivity index (χ1) is 7.62. The van der Waals surface area contributed by atoms with E-state index in [1.54, 1.807) is 13.8 Å². The van der Waals surface area contributed by atoms with E-state index < -0.39 is 22.4 Å². The van der Waals surface area contributed by atoms with Crippen molar-refractivity contribution < 1.29 is 5.11 Å². The predicted molar refractivity (Wildman–Crippen MR) is 66.2 cm³/mol. The number of hydrogen-bond acceptors (Lipinski definition) is 3. The molecule has 0 aromatic carbocycles. The normalized spacial score (nSPS) is 12.8. The van der Waals surface area contributed by atoms with E-state index in [-0.39, 0.29) is 0 Å². The topological polar surface area (TPSA) is 75.1 Å². The van der Waals surface area contributed by atoms with Gasteiger partial charge in [-0.05, 0) is 40.5 Å². The fourth-order valence-corrected chi connectivity index (χ4v) is 1.63. The number of aromatic nitrogens is 2. The molecule has 2 N–H and O–H groups in total. The zero-order chi connectivity index (χ0) is 13.3. The van der Waals surface area contributed by atoms with E-state index in [4.69, 9.17) is 0 Å². The van der Waals surface area contributed by atoms with Gasteiger partial charge >= 0.3 is 5.69 Å². The van der Waals surface area contributed by atoms with E-state index in [1.807, 2.05) is 13.8 Å². The number of rotatable bonds is 4. The van der Waals surface area contributed by atoms with Crippen LogP contribution in [0.15, 0.2) is 21.9 Å². The Labute approximate surface area is 100 Å². The van der Waals surface area contributed by atoms with E-state index in [9.17, 15) is 14.7 Å². The van der Waals surface area contributed by atoms with Crippen molar-refractivity contribution in [2.45, 2.75) is 51.7 Å². The second kappa shape index (κ2) is 4.49. The van der Waals surface area contributed by atoms with E-state index in [2.05, 4.69) is 4.98 Å². The Morgan fingerprint density at radius 2 is 1.82 bits per heavy atom. The Balaban J connectivity index is 2.97. The molecule has 0 atom stereocenters. The van der Waals surface area contributed by atoms with Gasteiger partial charge < -0.3 is 5.11 Å². The molecule has 0 spiro atoms. The highest BCUT2D eigenvalue weighted by Crippen LogP contribution is 2.23. The van der Waals surface area contributed by atoms with Crippen LogP contribution in [-0.2, 0) is 5.54 Å². The van der Waals surface area contributed by atoms with Gasteiger partial charge in [0.05, 0.1) is 5.60 Å². The average Bonchev–Trinajstić information content (AvgIpc) is 2.13. The molecular formula is C12H20N2O3. The molecule has 0 aliphatic rings. The molecule has 5 nitrogen and oxygen atoms in total. The first-order valence-corrected chi connectivity index (χ1v) is 5.67. The summed E-state index contributed by atoms with van der Waals surface area (Å²) in [6, 6.07) is 1.33. The van der Waals surface area contributed by atoms with Gasteiger partial charge in [0.1, 0.15) is 0 Å². The molecule has 96 valence electrons. The van der Waals surface area contributed by atoms with E-state index in [0.717, 1.165) is 0 Å². The van der Waals surface area contributed by atoms with Gasteiger partial charge in [0.2, 0.25) is 0 Å². The van der Waals surface area contributed by atoms with Gasteiger partial charge in [0.25, 0.3) is 5.56 Å². The first-order valence-electron chi connectivity index (χ1n) is 5.67. The minimum atomic E-state index is -0.761. The largest absolute Gasteiger partial charge is 0.390 e. The molecule has 0 unspecified atom stereocenters. The molecule has 1 aromatic rings. The highest BCUT2D eigenvalue weighted by molar-refractivity contribution is 4.90. The molecular weight excluding hydrogens is 220 g/mol. The van der Waals surface area contributed by atoms with E-state index >= 15 is 0 Å². The maximum absolute atomic E-state index is 11.7. The summed E-state index contributed by atoms with van der Waals surface area (Å²) in [6.07, 6.45) is 2.71. The second-order valence-corrected chi connectivity index (χ2v) is 5.61. The third-order valence-corrected chi connectivity index (χ3v) is 2.82. The standard InChI is InChI=1S/C12H20N2O3/c1-11(2,6-7-12(3,4)17)14-8-5-9(15)13-10(14)16/h5,8,17H,6-7H2,1-4H3,(H,13,15,16). The molecule has 0 saturated carbocycles. The highest BCUT2D eigenvalue weighted by atomic mass is 16.3. The van der Waals surface area contributed by atoms with Crippen molar-refractivity contribution in [3.63, 3.8) is 0 Å². The molecule has 0 aliphatic carbocycles.